The van der Waals surface area contributed by atoms with Crippen LogP contribution >= 0.6 is 0 Å². The molecule has 36 heavy (non-hydrogen) atoms. The first-order valence-corrected chi connectivity index (χ1v) is 12.2. The van der Waals surface area contributed by atoms with Crippen molar-refractivity contribution in [2.75, 3.05) is 6.54 Å². The molecule has 2 aromatic heterocycles. The SMILES string of the molecule is O=C(O)C1CCC(CNC(=O)[C@@H](Cc2c[nH]c3ccccc23)n2c([O-])nc3ccccc3c2=O)CC1. The maximum atomic E-state index is 13.5. The first-order chi connectivity index (χ1) is 17.4. The van der Waals surface area contributed by atoms with Crippen LogP contribution in [-0.2, 0) is 16.0 Å². The van der Waals surface area contributed by atoms with Gasteiger partial charge in [0, 0.05) is 30.1 Å². The number of aromatic nitrogens is 3. The zero-order valence-electron chi connectivity index (χ0n) is 19.6. The number of rotatable bonds is 7. The highest BCUT2D eigenvalue weighted by atomic mass is 16.4. The fourth-order valence-corrected chi connectivity index (χ4v) is 5.19. The van der Waals surface area contributed by atoms with Gasteiger partial charge in [0.2, 0.25) is 5.91 Å². The van der Waals surface area contributed by atoms with Gasteiger partial charge in [-0.3, -0.25) is 19.0 Å². The summed E-state index contributed by atoms with van der Waals surface area (Å²) in [5.74, 6) is -1.40. The fourth-order valence-electron chi connectivity index (χ4n) is 5.19. The predicted molar refractivity (Wildman–Crippen MR) is 133 cm³/mol. The number of nitrogens with one attached hydrogen (secondary N) is 2. The Bertz CT molecular complexity index is 1480. The van der Waals surface area contributed by atoms with E-state index in [-0.39, 0.29) is 23.6 Å². The van der Waals surface area contributed by atoms with Gasteiger partial charge < -0.3 is 20.5 Å². The van der Waals surface area contributed by atoms with Gasteiger partial charge in [-0.2, -0.15) is 0 Å². The molecule has 0 saturated heterocycles. The summed E-state index contributed by atoms with van der Waals surface area (Å²) in [5, 5.41) is 26.4. The molecule has 0 spiro atoms. The molecule has 1 aliphatic carbocycles. The highest BCUT2D eigenvalue weighted by Gasteiger charge is 2.29. The van der Waals surface area contributed by atoms with Crippen molar-refractivity contribution in [3.63, 3.8) is 0 Å². The summed E-state index contributed by atoms with van der Waals surface area (Å²) in [7, 11) is 0. The molecule has 5 rings (SSSR count). The lowest BCUT2D eigenvalue weighted by Gasteiger charge is -2.28. The van der Waals surface area contributed by atoms with Gasteiger partial charge in [0.05, 0.1) is 22.8 Å². The van der Waals surface area contributed by atoms with Gasteiger partial charge in [0.15, 0.2) is 0 Å². The third-order valence-electron chi connectivity index (χ3n) is 7.24. The Morgan fingerprint density at radius 3 is 2.53 bits per heavy atom. The van der Waals surface area contributed by atoms with Crippen LogP contribution in [0.4, 0.5) is 0 Å². The Labute approximate surface area is 206 Å². The lowest BCUT2D eigenvalue weighted by molar-refractivity contribution is -0.287. The molecule has 0 bridgehead atoms. The number of H-pyrrole nitrogens is 1. The summed E-state index contributed by atoms with van der Waals surface area (Å²) in [6.45, 7) is 0.361. The second kappa shape index (κ2) is 9.85. The standard InChI is InChI=1S/C27H28N4O5/c32-24(29-14-16-9-11-17(12-10-16)26(34)35)23(13-18-15-28-21-7-3-1-5-19(18)21)31-25(33)20-6-2-4-8-22(20)30-27(31)36/h1-8,15-17,23,28H,9-14H2,(H,29,32)(H,30,36)(H,34,35)/p-1/t16?,17?,23-/m1/s1. The number of carbonyl (C=O) groups is 2. The van der Waals surface area contributed by atoms with E-state index in [1.54, 1.807) is 30.5 Å². The summed E-state index contributed by atoms with van der Waals surface area (Å²) in [6.07, 6.45) is 4.49. The smallest absolute Gasteiger partial charge is 0.306 e. The van der Waals surface area contributed by atoms with Crippen molar-refractivity contribution >= 4 is 33.7 Å². The fraction of sp³-hybridized carbons (Fsp3) is 0.333. The van der Waals surface area contributed by atoms with Crippen LogP contribution in [0.2, 0.25) is 0 Å². The number of benzene rings is 2. The lowest BCUT2D eigenvalue weighted by atomic mass is 9.82. The molecule has 0 unspecified atom stereocenters. The average Bonchev–Trinajstić information content (AvgIpc) is 3.29. The molecular formula is C27H27N4O5-. The number of hydrogen-bond donors (Lipinski definition) is 3. The van der Waals surface area contributed by atoms with Crippen molar-refractivity contribution < 1.29 is 19.8 Å². The first kappa shape index (κ1) is 23.6. The van der Waals surface area contributed by atoms with E-state index in [0.717, 1.165) is 21.0 Å². The third kappa shape index (κ3) is 4.56. The molecule has 9 heteroatoms. The van der Waals surface area contributed by atoms with E-state index in [9.17, 15) is 24.6 Å². The van der Waals surface area contributed by atoms with Crippen LogP contribution in [0.1, 0.15) is 37.3 Å². The average molecular weight is 488 g/mol. The van der Waals surface area contributed by atoms with Gasteiger partial charge in [-0.1, -0.05) is 30.3 Å². The molecule has 4 aromatic rings. The summed E-state index contributed by atoms with van der Waals surface area (Å²) in [5.41, 5.74) is 1.46. The molecule has 1 amide bonds. The van der Waals surface area contributed by atoms with Crippen molar-refractivity contribution in [1.82, 2.24) is 19.9 Å². The molecule has 186 valence electrons. The minimum Gasteiger partial charge on any atom is -0.846 e. The number of amides is 1. The minimum absolute atomic E-state index is 0.136. The molecule has 9 nitrogen and oxygen atoms in total. The molecule has 1 saturated carbocycles. The number of nitrogens with zero attached hydrogens (tertiary/aromatic N) is 2. The molecule has 0 radical (unpaired) electrons. The zero-order valence-corrected chi connectivity index (χ0v) is 19.6. The van der Waals surface area contributed by atoms with Crippen molar-refractivity contribution in [3.8, 4) is 6.01 Å². The van der Waals surface area contributed by atoms with Crippen LogP contribution in [0.25, 0.3) is 21.8 Å². The second-order valence-corrected chi connectivity index (χ2v) is 9.47. The van der Waals surface area contributed by atoms with Gasteiger partial charge in [-0.25, -0.2) is 4.98 Å². The van der Waals surface area contributed by atoms with E-state index in [0.29, 0.717) is 37.7 Å². The number of aromatic amines is 1. The lowest BCUT2D eigenvalue weighted by Crippen LogP contribution is -2.42. The van der Waals surface area contributed by atoms with Crippen LogP contribution in [0.5, 0.6) is 6.01 Å². The van der Waals surface area contributed by atoms with Crippen molar-refractivity contribution in [3.05, 3.63) is 70.6 Å². The topological polar surface area (TPSA) is 140 Å². The Morgan fingerprint density at radius 2 is 1.78 bits per heavy atom. The molecule has 1 fully saturated rings. The summed E-state index contributed by atoms with van der Waals surface area (Å²) in [4.78, 5) is 45.4. The van der Waals surface area contributed by atoms with E-state index in [1.807, 2.05) is 24.3 Å². The second-order valence-electron chi connectivity index (χ2n) is 9.47. The molecular weight excluding hydrogens is 460 g/mol. The molecule has 2 aromatic carbocycles. The Kier molecular flexibility index (Phi) is 6.45. The third-order valence-corrected chi connectivity index (χ3v) is 7.24. The monoisotopic (exact) mass is 487 g/mol. The molecule has 1 aliphatic rings. The number of carboxylic acids is 1. The van der Waals surface area contributed by atoms with Crippen LogP contribution in [0, 0.1) is 11.8 Å². The van der Waals surface area contributed by atoms with Crippen LogP contribution in [0.3, 0.4) is 0 Å². The number of aliphatic carboxylic acids is 1. The van der Waals surface area contributed by atoms with E-state index >= 15 is 0 Å². The highest BCUT2D eigenvalue weighted by molar-refractivity contribution is 5.86. The Hall–Kier alpha value is -4.14. The van der Waals surface area contributed by atoms with Crippen molar-refractivity contribution in [1.29, 1.82) is 0 Å². The first-order valence-electron chi connectivity index (χ1n) is 12.2. The largest absolute Gasteiger partial charge is 0.846 e. The molecule has 2 heterocycles. The van der Waals surface area contributed by atoms with Gasteiger partial charge >= 0.3 is 5.97 Å². The van der Waals surface area contributed by atoms with Crippen molar-refractivity contribution in [2.24, 2.45) is 11.8 Å². The van der Waals surface area contributed by atoms with Gasteiger partial charge in [0.1, 0.15) is 6.04 Å². The number of para-hydroxylation sites is 2. The van der Waals surface area contributed by atoms with Crippen molar-refractivity contribution in [2.45, 2.75) is 38.1 Å². The quantitative estimate of drug-likeness (QED) is 0.366. The highest BCUT2D eigenvalue weighted by Crippen LogP contribution is 2.29. The normalized spacial score (nSPS) is 18.8. The maximum absolute atomic E-state index is 13.5. The number of fused-ring (bicyclic) bond motifs is 2. The molecule has 3 N–H and O–H groups in total. The van der Waals surface area contributed by atoms with Crippen LogP contribution in [0.15, 0.2) is 59.5 Å². The zero-order chi connectivity index (χ0) is 25.2. The van der Waals surface area contributed by atoms with Crippen LogP contribution < -0.4 is 16.0 Å². The Morgan fingerprint density at radius 1 is 1.08 bits per heavy atom. The predicted octanol–water partition coefficient (Wildman–Crippen LogP) is 2.74. The Balaban J connectivity index is 1.45. The van der Waals surface area contributed by atoms with E-state index in [1.165, 1.54) is 0 Å². The summed E-state index contributed by atoms with van der Waals surface area (Å²) in [6, 6.07) is 12.4. The minimum atomic E-state index is -1.09. The number of carboxylic acid groups (broad SMARTS) is 1. The van der Waals surface area contributed by atoms with E-state index < -0.39 is 29.5 Å². The van der Waals surface area contributed by atoms with E-state index in [2.05, 4.69) is 15.3 Å². The number of hydrogen-bond acceptors (Lipinski definition) is 5. The summed E-state index contributed by atoms with van der Waals surface area (Å²) < 4.78 is 0.959. The van der Waals surface area contributed by atoms with Gasteiger partial charge in [0.25, 0.3) is 5.56 Å². The molecule has 1 atom stereocenters. The van der Waals surface area contributed by atoms with E-state index in [4.69, 9.17) is 0 Å². The van der Waals surface area contributed by atoms with Crippen LogP contribution in [-0.4, -0.2) is 38.1 Å². The summed E-state index contributed by atoms with van der Waals surface area (Å²) >= 11 is 0. The number of carbonyl (C=O) groups excluding carboxylic acids is 1. The van der Waals surface area contributed by atoms with Gasteiger partial charge in [-0.05, 0) is 55.4 Å². The molecule has 0 aliphatic heterocycles. The maximum Gasteiger partial charge on any atom is 0.306 e. The van der Waals surface area contributed by atoms with Gasteiger partial charge in [-0.15, -0.1) is 0 Å².